The first-order chi connectivity index (χ1) is 12.2. The van der Waals surface area contributed by atoms with Gasteiger partial charge in [-0.25, -0.2) is 4.79 Å². The minimum Gasteiger partial charge on any atom is -0.467 e. The fraction of sp³-hybridized carbons (Fsp3) is 0.222. The molecule has 4 nitrogen and oxygen atoms in total. The third-order valence-electron chi connectivity index (χ3n) is 3.66. The van der Waals surface area contributed by atoms with Gasteiger partial charge in [-0.2, -0.15) is 13.2 Å². The van der Waals surface area contributed by atoms with Crippen LogP contribution in [0.4, 0.5) is 13.2 Å². The van der Waals surface area contributed by atoms with E-state index in [-0.39, 0.29) is 22.6 Å². The lowest BCUT2D eigenvalue weighted by atomic mass is 9.99. The fourth-order valence-corrected chi connectivity index (χ4v) is 2.63. The Hall–Kier alpha value is -2.54. The largest absolute Gasteiger partial charge is 0.467 e. The minimum absolute atomic E-state index is 0.104. The van der Waals surface area contributed by atoms with Crippen LogP contribution in [0.1, 0.15) is 21.5 Å². The van der Waals surface area contributed by atoms with E-state index in [0.29, 0.717) is 0 Å². The van der Waals surface area contributed by atoms with E-state index in [1.54, 1.807) is 12.1 Å². The van der Waals surface area contributed by atoms with Gasteiger partial charge >= 0.3 is 12.1 Å². The van der Waals surface area contributed by atoms with Crippen molar-refractivity contribution in [1.82, 2.24) is 5.32 Å². The molecule has 2 rings (SSSR count). The maximum absolute atomic E-state index is 13.1. The third kappa shape index (κ3) is 4.76. The minimum atomic E-state index is -4.58. The molecule has 0 aliphatic rings. The number of esters is 1. The maximum atomic E-state index is 13.1. The molecule has 26 heavy (non-hydrogen) atoms. The molecule has 2 aromatic carbocycles. The highest BCUT2D eigenvalue weighted by molar-refractivity contribution is 6.33. The molecule has 8 heteroatoms. The number of benzene rings is 2. The first-order valence-electron chi connectivity index (χ1n) is 7.52. The van der Waals surface area contributed by atoms with Gasteiger partial charge in [0.15, 0.2) is 0 Å². The molecule has 0 aromatic heterocycles. The second-order valence-corrected chi connectivity index (χ2v) is 5.80. The summed E-state index contributed by atoms with van der Waals surface area (Å²) in [6.45, 7) is 0. The maximum Gasteiger partial charge on any atom is 0.416 e. The lowest BCUT2D eigenvalue weighted by molar-refractivity contribution is -0.144. The summed E-state index contributed by atoms with van der Waals surface area (Å²) in [7, 11) is 1.09. The van der Waals surface area contributed by atoms with Gasteiger partial charge in [0, 0.05) is 6.42 Å². The molecule has 2 aromatic rings. The number of carbonyl (C=O) groups excluding carboxylic acids is 2. The molecule has 0 radical (unpaired) electrons. The zero-order valence-corrected chi connectivity index (χ0v) is 14.4. The van der Waals surface area contributed by atoms with Crippen LogP contribution in [0.2, 0.25) is 5.02 Å². The summed E-state index contributed by atoms with van der Waals surface area (Å²) in [5, 5.41) is 2.54. The van der Waals surface area contributed by atoms with Crippen molar-refractivity contribution in [1.29, 1.82) is 0 Å². The highest BCUT2D eigenvalue weighted by Gasteiger charge is 2.34. The lowest BCUT2D eigenvalue weighted by Crippen LogP contribution is -2.43. The number of rotatable bonds is 5. The molecule has 0 saturated heterocycles. The van der Waals surface area contributed by atoms with Gasteiger partial charge in [-0.1, -0.05) is 41.9 Å². The van der Waals surface area contributed by atoms with Gasteiger partial charge in [0.25, 0.3) is 5.91 Å². The summed E-state index contributed by atoms with van der Waals surface area (Å²) >= 11 is 5.94. The van der Waals surface area contributed by atoms with Crippen molar-refractivity contribution in [3.63, 3.8) is 0 Å². The molecule has 0 spiro atoms. The van der Waals surface area contributed by atoms with Crippen molar-refractivity contribution < 1.29 is 27.5 Å². The van der Waals surface area contributed by atoms with Gasteiger partial charge in [-0.3, -0.25) is 4.79 Å². The lowest BCUT2D eigenvalue weighted by Gasteiger charge is -2.19. The van der Waals surface area contributed by atoms with Gasteiger partial charge < -0.3 is 10.1 Å². The zero-order chi connectivity index (χ0) is 19.3. The van der Waals surface area contributed by atoms with Crippen LogP contribution in [0, 0.1) is 0 Å². The van der Waals surface area contributed by atoms with Crippen LogP contribution in [0.25, 0.3) is 0 Å². The molecule has 0 fully saturated rings. The predicted molar refractivity (Wildman–Crippen MR) is 89.9 cm³/mol. The third-order valence-corrected chi connectivity index (χ3v) is 3.99. The van der Waals surface area contributed by atoms with Gasteiger partial charge in [0.05, 0.1) is 23.3 Å². The van der Waals surface area contributed by atoms with E-state index >= 15 is 0 Å². The fourth-order valence-electron chi connectivity index (χ4n) is 2.41. The zero-order valence-electron chi connectivity index (χ0n) is 13.6. The monoisotopic (exact) mass is 385 g/mol. The van der Waals surface area contributed by atoms with Crippen molar-refractivity contribution in [3.8, 4) is 0 Å². The number of hydrogen-bond acceptors (Lipinski definition) is 3. The van der Waals surface area contributed by atoms with Crippen molar-refractivity contribution in [2.45, 2.75) is 18.6 Å². The highest BCUT2D eigenvalue weighted by atomic mass is 35.5. The van der Waals surface area contributed by atoms with E-state index in [0.717, 1.165) is 13.2 Å². The van der Waals surface area contributed by atoms with E-state index in [2.05, 4.69) is 10.1 Å². The van der Waals surface area contributed by atoms with Crippen LogP contribution in [0.5, 0.6) is 0 Å². The predicted octanol–water partition coefficient (Wildman–Crippen LogP) is 3.87. The number of carbonyl (C=O) groups is 2. The smallest absolute Gasteiger partial charge is 0.416 e. The summed E-state index contributed by atoms with van der Waals surface area (Å²) in [6, 6.07) is 9.67. The summed E-state index contributed by atoms with van der Waals surface area (Å²) < 4.78 is 44.0. The first kappa shape index (κ1) is 19.8. The Kier molecular flexibility index (Phi) is 6.26. The highest BCUT2D eigenvalue weighted by Crippen LogP contribution is 2.32. The Balaban J connectivity index is 2.29. The van der Waals surface area contributed by atoms with Crippen molar-refractivity contribution in [2.75, 3.05) is 7.11 Å². The number of nitrogens with one attached hydrogen (secondary N) is 1. The van der Waals surface area contributed by atoms with Crippen LogP contribution < -0.4 is 5.32 Å². The van der Waals surface area contributed by atoms with Crippen LogP contribution in [0.3, 0.4) is 0 Å². The Morgan fingerprint density at radius 2 is 1.73 bits per heavy atom. The second kappa shape index (κ2) is 8.23. The van der Waals surface area contributed by atoms with Crippen molar-refractivity contribution in [2.24, 2.45) is 0 Å². The van der Waals surface area contributed by atoms with Crippen molar-refractivity contribution in [3.05, 3.63) is 70.2 Å². The number of ether oxygens (including phenoxy) is 1. The summed E-state index contributed by atoms with van der Waals surface area (Å²) in [6.07, 6.45) is -4.96. The number of amides is 1. The normalized spacial score (nSPS) is 12.3. The topological polar surface area (TPSA) is 55.4 Å². The Morgan fingerprint density at radius 1 is 1.12 bits per heavy atom. The molecule has 0 aliphatic carbocycles. The van der Waals surface area contributed by atoms with Gasteiger partial charge in [-0.15, -0.1) is 0 Å². The molecule has 0 heterocycles. The molecular formula is C18H15ClF3NO3. The Morgan fingerprint density at radius 3 is 2.35 bits per heavy atom. The molecule has 138 valence electrons. The number of halogens is 4. The quantitative estimate of drug-likeness (QED) is 0.795. The molecule has 0 aliphatic heterocycles. The standard InChI is InChI=1S/C18H15ClF3NO3/c1-26-17(25)15(23-16(24)12-7-3-5-9-14(12)19)10-11-6-2-4-8-13(11)18(20,21)22/h2-9,15H,10H2,1H3,(H,23,24)/t15-/m1/s1. The molecule has 1 atom stereocenters. The van der Waals surface area contributed by atoms with Gasteiger partial charge in [0.1, 0.15) is 6.04 Å². The van der Waals surface area contributed by atoms with E-state index in [9.17, 15) is 22.8 Å². The number of methoxy groups -OCH3 is 1. The van der Waals surface area contributed by atoms with E-state index in [4.69, 9.17) is 11.6 Å². The number of hydrogen-bond donors (Lipinski definition) is 1. The first-order valence-corrected chi connectivity index (χ1v) is 7.90. The van der Waals surface area contributed by atoms with Crippen LogP contribution in [0.15, 0.2) is 48.5 Å². The van der Waals surface area contributed by atoms with Crippen LogP contribution in [-0.2, 0) is 22.1 Å². The average Bonchev–Trinajstić information content (AvgIpc) is 2.60. The molecular weight excluding hydrogens is 371 g/mol. The van der Waals surface area contributed by atoms with E-state index < -0.39 is 29.7 Å². The Labute approximate surface area is 152 Å². The molecule has 0 bridgehead atoms. The summed E-state index contributed by atoms with van der Waals surface area (Å²) in [5.41, 5.74) is -0.900. The summed E-state index contributed by atoms with van der Waals surface area (Å²) in [5.74, 6) is -1.54. The van der Waals surface area contributed by atoms with Gasteiger partial charge in [0.2, 0.25) is 0 Å². The van der Waals surface area contributed by atoms with E-state index in [1.807, 2.05) is 0 Å². The SMILES string of the molecule is COC(=O)[C@@H](Cc1ccccc1C(F)(F)F)NC(=O)c1ccccc1Cl. The number of alkyl halides is 3. The van der Waals surface area contributed by atoms with Gasteiger partial charge in [-0.05, 0) is 23.8 Å². The molecule has 1 amide bonds. The van der Waals surface area contributed by atoms with Crippen LogP contribution >= 0.6 is 11.6 Å². The summed E-state index contributed by atoms with van der Waals surface area (Å²) in [4.78, 5) is 24.3. The molecule has 1 N–H and O–H groups in total. The second-order valence-electron chi connectivity index (χ2n) is 5.39. The Bertz CT molecular complexity index is 808. The average molecular weight is 386 g/mol. The van der Waals surface area contributed by atoms with E-state index in [1.165, 1.54) is 30.3 Å². The molecule has 0 saturated carbocycles. The van der Waals surface area contributed by atoms with Crippen LogP contribution in [-0.4, -0.2) is 25.0 Å². The molecule has 0 unspecified atom stereocenters. The van der Waals surface area contributed by atoms with Crippen molar-refractivity contribution >= 4 is 23.5 Å².